The van der Waals surface area contributed by atoms with E-state index in [4.69, 9.17) is 9.72 Å². The van der Waals surface area contributed by atoms with Crippen LogP contribution in [0.3, 0.4) is 0 Å². The van der Waals surface area contributed by atoms with Crippen molar-refractivity contribution < 1.29 is 14.3 Å². The first-order valence-corrected chi connectivity index (χ1v) is 10.4. The Morgan fingerprint density at radius 2 is 1.90 bits per heavy atom. The lowest BCUT2D eigenvalue weighted by atomic mass is 9.96. The number of aromatic amines is 1. The standard InChI is InChI=1S/C23H24N4O3/c1-15(28)27-14-21(30-20-11-5-4-10-19(20)27)23(29)26-12-6-7-16(13-26)22-24-17-8-2-3-9-18(17)25-22/h2-5,8-11,16,21H,6-7,12-14H2,1H3,(H,24,25)/t16-,21+/m0/s1. The Bertz CT molecular complexity index is 1080. The third kappa shape index (κ3) is 3.30. The van der Waals surface area contributed by atoms with Gasteiger partial charge in [0.15, 0.2) is 6.10 Å². The third-order valence-electron chi connectivity index (χ3n) is 5.96. The van der Waals surface area contributed by atoms with Gasteiger partial charge in [-0.15, -0.1) is 0 Å². The Morgan fingerprint density at radius 1 is 1.10 bits per heavy atom. The lowest BCUT2D eigenvalue weighted by Gasteiger charge is -2.38. The molecule has 0 radical (unpaired) electrons. The maximum Gasteiger partial charge on any atom is 0.265 e. The number of likely N-dealkylation sites (tertiary alicyclic amines) is 1. The molecule has 1 fully saturated rings. The number of amides is 2. The number of fused-ring (bicyclic) bond motifs is 2. The van der Waals surface area contributed by atoms with Crippen LogP contribution in [0, 0.1) is 0 Å². The normalized spacial score (nSPS) is 21.2. The molecule has 30 heavy (non-hydrogen) atoms. The molecule has 1 aromatic heterocycles. The number of H-pyrrole nitrogens is 1. The molecule has 2 amide bonds. The summed E-state index contributed by atoms with van der Waals surface area (Å²) in [7, 11) is 0. The largest absolute Gasteiger partial charge is 0.476 e. The number of anilines is 1. The van der Waals surface area contributed by atoms with Crippen molar-refractivity contribution in [3.8, 4) is 5.75 Å². The molecule has 0 unspecified atom stereocenters. The van der Waals surface area contributed by atoms with Crippen LogP contribution < -0.4 is 9.64 Å². The van der Waals surface area contributed by atoms with Gasteiger partial charge in [0.2, 0.25) is 5.91 Å². The molecule has 1 N–H and O–H groups in total. The highest BCUT2D eigenvalue weighted by Gasteiger charge is 2.37. The number of hydrogen-bond donors (Lipinski definition) is 1. The van der Waals surface area contributed by atoms with Gasteiger partial charge < -0.3 is 19.5 Å². The zero-order chi connectivity index (χ0) is 20.7. The molecular weight excluding hydrogens is 380 g/mol. The fraction of sp³-hybridized carbons (Fsp3) is 0.348. The zero-order valence-corrected chi connectivity index (χ0v) is 16.9. The van der Waals surface area contributed by atoms with E-state index in [0.29, 0.717) is 24.5 Å². The molecule has 3 aromatic rings. The van der Waals surface area contributed by atoms with Gasteiger partial charge in [0.25, 0.3) is 5.91 Å². The highest BCUT2D eigenvalue weighted by molar-refractivity contribution is 5.96. The van der Waals surface area contributed by atoms with Gasteiger partial charge in [0.1, 0.15) is 11.6 Å². The minimum atomic E-state index is -0.696. The molecule has 1 saturated heterocycles. The average molecular weight is 404 g/mol. The fourth-order valence-corrected chi connectivity index (χ4v) is 4.43. The van der Waals surface area contributed by atoms with Gasteiger partial charge in [-0.1, -0.05) is 24.3 Å². The quantitative estimate of drug-likeness (QED) is 0.712. The molecule has 2 aliphatic heterocycles. The predicted molar refractivity (Wildman–Crippen MR) is 114 cm³/mol. The van der Waals surface area contributed by atoms with Crippen LogP contribution in [0.1, 0.15) is 31.5 Å². The van der Waals surface area contributed by atoms with E-state index in [9.17, 15) is 9.59 Å². The van der Waals surface area contributed by atoms with Gasteiger partial charge in [0.05, 0.1) is 23.3 Å². The number of aromatic nitrogens is 2. The highest BCUT2D eigenvalue weighted by Crippen LogP contribution is 2.34. The Morgan fingerprint density at radius 3 is 2.73 bits per heavy atom. The van der Waals surface area contributed by atoms with Crippen molar-refractivity contribution in [2.45, 2.75) is 31.8 Å². The molecule has 3 heterocycles. The summed E-state index contributed by atoms with van der Waals surface area (Å²) in [5.74, 6) is 1.49. The van der Waals surface area contributed by atoms with E-state index >= 15 is 0 Å². The van der Waals surface area contributed by atoms with Crippen molar-refractivity contribution in [2.75, 3.05) is 24.5 Å². The lowest BCUT2D eigenvalue weighted by Crippen LogP contribution is -2.53. The molecule has 2 aliphatic rings. The maximum atomic E-state index is 13.3. The number of carbonyl (C=O) groups is 2. The smallest absolute Gasteiger partial charge is 0.265 e. The Balaban J connectivity index is 1.35. The van der Waals surface area contributed by atoms with E-state index in [1.165, 1.54) is 6.92 Å². The molecule has 0 bridgehead atoms. The first-order valence-electron chi connectivity index (χ1n) is 10.4. The van der Waals surface area contributed by atoms with Gasteiger partial charge in [-0.25, -0.2) is 4.98 Å². The van der Waals surface area contributed by atoms with Crippen molar-refractivity contribution in [2.24, 2.45) is 0 Å². The van der Waals surface area contributed by atoms with Crippen LogP contribution in [-0.4, -0.2) is 52.4 Å². The fourth-order valence-electron chi connectivity index (χ4n) is 4.43. The van der Waals surface area contributed by atoms with Crippen LogP contribution in [0.25, 0.3) is 11.0 Å². The average Bonchev–Trinajstić information content (AvgIpc) is 3.22. The van der Waals surface area contributed by atoms with E-state index in [-0.39, 0.29) is 24.3 Å². The topological polar surface area (TPSA) is 78.5 Å². The van der Waals surface area contributed by atoms with E-state index < -0.39 is 6.10 Å². The molecule has 7 heteroatoms. The first kappa shape index (κ1) is 18.7. The van der Waals surface area contributed by atoms with Crippen molar-refractivity contribution in [3.05, 3.63) is 54.4 Å². The number of nitrogens with zero attached hydrogens (tertiary/aromatic N) is 3. The minimum absolute atomic E-state index is 0.0726. The monoisotopic (exact) mass is 404 g/mol. The second kappa shape index (κ2) is 7.48. The first-order chi connectivity index (χ1) is 14.6. The number of carbonyl (C=O) groups excluding carboxylic acids is 2. The minimum Gasteiger partial charge on any atom is -0.476 e. The third-order valence-corrected chi connectivity index (χ3v) is 5.96. The summed E-state index contributed by atoms with van der Waals surface area (Å²) < 4.78 is 6.01. The number of rotatable bonds is 2. The van der Waals surface area contributed by atoms with Gasteiger partial charge in [-0.3, -0.25) is 9.59 Å². The van der Waals surface area contributed by atoms with Crippen LogP contribution in [0.5, 0.6) is 5.75 Å². The number of benzene rings is 2. The van der Waals surface area contributed by atoms with E-state index in [1.807, 2.05) is 47.4 Å². The zero-order valence-electron chi connectivity index (χ0n) is 16.9. The van der Waals surface area contributed by atoms with Gasteiger partial charge in [-0.05, 0) is 37.1 Å². The number of hydrogen-bond acceptors (Lipinski definition) is 4. The number of ether oxygens (including phenoxy) is 1. The summed E-state index contributed by atoms with van der Waals surface area (Å²) in [4.78, 5) is 37.1. The SMILES string of the molecule is CC(=O)N1C[C@H](C(=O)N2CCC[C@H](c3nc4ccccc4[nH]3)C2)Oc2ccccc21. The van der Waals surface area contributed by atoms with Crippen molar-refractivity contribution >= 4 is 28.5 Å². The van der Waals surface area contributed by atoms with Crippen LogP contribution in [0.4, 0.5) is 5.69 Å². The molecule has 154 valence electrons. The molecule has 7 nitrogen and oxygen atoms in total. The Hall–Kier alpha value is -3.35. The summed E-state index contributed by atoms with van der Waals surface area (Å²) in [6.07, 6.45) is 1.20. The molecule has 0 spiro atoms. The summed E-state index contributed by atoms with van der Waals surface area (Å²) >= 11 is 0. The molecule has 0 aliphatic carbocycles. The van der Waals surface area contributed by atoms with Crippen LogP contribution in [-0.2, 0) is 9.59 Å². The molecule has 2 aromatic carbocycles. The molecule has 2 atom stereocenters. The van der Waals surface area contributed by atoms with Gasteiger partial charge >= 0.3 is 0 Å². The number of para-hydroxylation sites is 4. The summed E-state index contributed by atoms with van der Waals surface area (Å²) in [5, 5.41) is 0. The summed E-state index contributed by atoms with van der Waals surface area (Å²) in [6, 6.07) is 15.3. The Labute approximate surface area is 174 Å². The number of piperidine rings is 1. The second-order valence-corrected chi connectivity index (χ2v) is 7.97. The van der Waals surface area contributed by atoms with Gasteiger partial charge in [0, 0.05) is 25.9 Å². The highest BCUT2D eigenvalue weighted by atomic mass is 16.5. The molecule has 0 saturated carbocycles. The van der Waals surface area contributed by atoms with E-state index in [0.717, 1.165) is 29.7 Å². The second-order valence-electron chi connectivity index (χ2n) is 7.97. The Kier molecular flexibility index (Phi) is 4.65. The van der Waals surface area contributed by atoms with Crippen molar-refractivity contribution in [1.29, 1.82) is 0 Å². The summed E-state index contributed by atoms with van der Waals surface area (Å²) in [5.41, 5.74) is 2.67. The maximum absolute atomic E-state index is 13.3. The van der Waals surface area contributed by atoms with E-state index in [2.05, 4.69) is 4.98 Å². The summed E-state index contributed by atoms with van der Waals surface area (Å²) in [6.45, 7) is 3.04. The van der Waals surface area contributed by atoms with Crippen LogP contribution in [0.2, 0.25) is 0 Å². The number of imidazole rings is 1. The van der Waals surface area contributed by atoms with Crippen molar-refractivity contribution in [1.82, 2.24) is 14.9 Å². The molecular formula is C23H24N4O3. The number of nitrogens with one attached hydrogen (secondary N) is 1. The lowest BCUT2D eigenvalue weighted by molar-refractivity contribution is -0.140. The van der Waals surface area contributed by atoms with Crippen LogP contribution >= 0.6 is 0 Å². The van der Waals surface area contributed by atoms with Crippen LogP contribution in [0.15, 0.2) is 48.5 Å². The van der Waals surface area contributed by atoms with Crippen molar-refractivity contribution in [3.63, 3.8) is 0 Å². The predicted octanol–water partition coefficient (Wildman–Crippen LogP) is 3.08. The van der Waals surface area contributed by atoms with E-state index in [1.54, 1.807) is 11.0 Å². The molecule has 5 rings (SSSR count). The van der Waals surface area contributed by atoms with Gasteiger partial charge in [-0.2, -0.15) is 0 Å².